The molecular weight excluding hydrogens is 376 g/mol. The maximum Gasteiger partial charge on any atom is 0.256 e. The molecule has 7 nitrogen and oxygen atoms in total. The number of rotatable bonds is 2. The van der Waals surface area contributed by atoms with Gasteiger partial charge in [0.1, 0.15) is 0 Å². The van der Waals surface area contributed by atoms with Gasteiger partial charge in [0.2, 0.25) is 10.0 Å². The average molecular weight is 396 g/mol. The number of sulfonamides is 1. The van der Waals surface area contributed by atoms with E-state index in [1.165, 1.54) is 16.4 Å². The fraction of sp³-hybridized carbons (Fsp3) is 0.350. The molecule has 0 bridgehead atoms. The molecule has 0 spiro atoms. The van der Waals surface area contributed by atoms with Gasteiger partial charge in [-0.05, 0) is 56.2 Å². The van der Waals surface area contributed by atoms with Crippen LogP contribution in [0.2, 0.25) is 0 Å². The maximum atomic E-state index is 13.3. The van der Waals surface area contributed by atoms with Crippen molar-refractivity contribution in [3.63, 3.8) is 0 Å². The molecule has 0 saturated carbocycles. The van der Waals surface area contributed by atoms with Crippen molar-refractivity contribution in [3.8, 4) is 6.07 Å². The van der Waals surface area contributed by atoms with Crippen molar-refractivity contribution in [2.24, 2.45) is 0 Å². The van der Waals surface area contributed by atoms with Crippen molar-refractivity contribution < 1.29 is 13.2 Å². The zero-order chi connectivity index (χ0) is 20.3. The van der Waals surface area contributed by atoms with E-state index < -0.39 is 15.6 Å². The monoisotopic (exact) mass is 396 g/mol. The van der Waals surface area contributed by atoms with Gasteiger partial charge in [-0.3, -0.25) is 9.78 Å². The number of benzene rings is 1. The predicted molar refractivity (Wildman–Crippen MR) is 102 cm³/mol. The van der Waals surface area contributed by atoms with Crippen LogP contribution in [-0.2, 0) is 15.6 Å². The topological polar surface area (TPSA) is 94.4 Å². The highest BCUT2D eigenvalue weighted by Gasteiger charge is 2.52. The van der Waals surface area contributed by atoms with Crippen molar-refractivity contribution in [2.45, 2.75) is 31.2 Å². The number of aromatic nitrogens is 1. The molecule has 144 valence electrons. The van der Waals surface area contributed by atoms with Crippen LogP contribution >= 0.6 is 0 Å². The molecule has 1 saturated heterocycles. The molecule has 1 unspecified atom stereocenters. The minimum Gasteiger partial charge on any atom is -0.326 e. The molecule has 0 N–H and O–H groups in total. The summed E-state index contributed by atoms with van der Waals surface area (Å²) >= 11 is 0. The first-order chi connectivity index (χ1) is 13.2. The molecule has 28 heavy (non-hydrogen) atoms. The summed E-state index contributed by atoms with van der Waals surface area (Å²) in [5.41, 5.74) is 2.29. The van der Waals surface area contributed by atoms with E-state index in [2.05, 4.69) is 4.98 Å². The zero-order valence-electron chi connectivity index (χ0n) is 15.9. The Morgan fingerprint density at radius 2 is 1.96 bits per heavy atom. The second-order valence-corrected chi connectivity index (χ2v) is 9.39. The lowest BCUT2D eigenvalue weighted by atomic mass is 9.90. The van der Waals surface area contributed by atoms with Crippen molar-refractivity contribution in [2.75, 3.05) is 19.6 Å². The number of carbonyl (C=O) groups excluding carboxylic acids is 1. The largest absolute Gasteiger partial charge is 0.326 e. The Morgan fingerprint density at radius 1 is 1.21 bits per heavy atom. The summed E-state index contributed by atoms with van der Waals surface area (Å²) in [7, 11) is -3.75. The minimum atomic E-state index is -3.75. The fourth-order valence-electron chi connectivity index (χ4n) is 4.30. The van der Waals surface area contributed by atoms with Gasteiger partial charge in [0.15, 0.2) is 0 Å². The van der Waals surface area contributed by atoms with Crippen molar-refractivity contribution in [3.05, 3.63) is 58.4 Å². The van der Waals surface area contributed by atoms with Crippen LogP contribution in [0.1, 0.15) is 39.7 Å². The van der Waals surface area contributed by atoms with E-state index in [1.54, 1.807) is 31.0 Å². The molecule has 0 aliphatic carbocycles. The van der Waals surface area contributed by atoms with Gasteiger partial charge < -0.3 is 4.90 Å². The predicted octanol–water partition coefficient (Wildman–Crippen LogP) is 1.95. The third kappa shape index (κ3) is 2.47. The van der Waals surface area contributed by atoms with Gasteiger partial charge in [0.25, 0.3) is 5.91 Å². The van der Waals surface area contributed by atoms with E-state index in [-0.39, 0.29) is 23.9 Å². The number of aryl methyl sites for hydroxylation is 2. The van der Waals surface area contributed by atoms with E-state index in [4.69, 9.17) is 5.26 Å². The molecule has 3 heterocycles. The number of pyridine rings is 1. The number of carbonyl (C=O) groups is 1. The summed E-state index contributed by atoms with van der Waals surface area (Å²) < 4.78 is 28.1. The lowest BCUT2D eigenvalue weighted by Gasteiger charge is -2.44. The summed E-state index contributed by atoms with van der Waals surface area (Å²) in [5, 5.41) is 9.03. The Labute approximate surface area is 164 Å². The first-order valence-corrected chi connectivity index (χ1v) is 10.4. The summed E-state index contributed by atoms with van der Waals surface area (Å²) in [6, 6.07) is 8.41. The molecule has 1 aromatic carbocycles. The highest BCUT2D eigenvalue weighted by molar-refractivity contribution is 7.89. The maximum absolute atomic E-state index is 13.3. The molecule has 2 aromatic rings. The summed E-state index contributed by atoms with van der Waals surface area (Å²) in [4.78, 5) is 19.1. The molecule has 2 aliphatic rings. The molecular formula is C20H20N4O3S. The smallest absolute Gasteiger partial charge is 0.256 e. The Balaban J connectivity index is 1.75. The number of piperazine rings is 1. The van der Waals surface area contributed by atoms with Crippen LogP contribution in [0, 0.1) is 25.2 Å². The number of hydrogen-bond acceptors (Lipinski definition) is 5. The van der Waals surface area contributed by atoms with E-state index in [1.807, 2.05) is 19.1 Å². The molecule has 1 atom stereocenters. The second kappa shape index (κ2) is 6.12. The molecule has 8 heteroatoms. The first-order valence-electron chi connectivity index (χ1n) is 8.99. The Kier molecular flexibility index (Phi) is 4.07. The first kappa shape index (κ1) is 18.6. The van der Waals surface area contributed by atoms with E-state index in [9.17, 15) is 13.2 Å². The summed E-state index contributed by atoms with van der Waals surface area (Å²) in [6.45, 7) is 6.12. The lowest BCUT2D eigenvalue weighted by Crippen LogP contribution is -2.58. The number of fused-ring (bicyclic) bond motifs is 3. The molecule has 1 amide bonds. The Hall–Kier alpha value is -2.76. The number of nitrogens with zero attached hydrogens (tertiary/aromatic N) is 4. The van der Waals surface area contributed by atoms with Gasteiger partial charge in [0, 0.05) is 25.8 Å². The third-order valence-electron chi connectivity index (χ3n) is 5.75. The van der Waals surface area contributed by atoms with Crippen LogP contribution in [0.15, 0.2) is 35.4 Å². The minimum absolute atomic E-state index is 0.0882. The second-order valence-electron chi connectivity index (χ2n) is 7.48. The quantitative estimate of drug-likeness (QED) is 0.773. The normalized spacial score (nSPS) is 21.9. The molecule has 1 fully saturated rings. The summed E-state index contributed by atoms with van der Waals surface area (Å²) in [6.07, 6.45) is 1.66. The SMILES string of the molecule is Cc1cc(C#N)ccc1S(=O)(=O)N1CCN2C(=O)c3c(ccnc3C)C2(C)C1. The third-order valence-corrected chi connectivity index (χ3v) is 7.76. The molecule has 4 rings (SSSR count). The van der Waals surface area contributed by atoms with Crippen molar-refractivity contribution in [1.82, 2.24) is 14.2 Å². The molecule has 1 aromatic heterocycles. The van der Waals surface area contributed by atoms with E-state index >= 15 is 0 Å². The lowest BCUT2D eigenvalue weighted by molar-refractivity contribution is 0.0375. The number of hydrogen-bond donors (Lipinski definition) is 0. The van der Waals surface area contributed by atoms with Crippen molar-refractivity contribution in [1.29, 1.82) is 5.26 Å². The van der Waals surface area contributed by atoms with Gasteiger partial charge >= 0.3 is 0 Å². The Morgan fingerprint density at radius 3 is 2.64 bits per heavy atom. The zero-order valence-corrected chi connectivity index (χ0v) is 16.7. The van der Waals surface area contributed by atoms with Crippen LogP contribution < -0.4 is 0 Å². The van der Waals surface area contributed by atoms with Gasteiger partial charge in [-0.2, -0.15) is 9.57 Å². The Bertz CT molecular complexity index is 1150. The van der Waals surface area contributed by atoms with Crippen molar-refractivity contribution >= 4 is 15.9 Å². The fourth-order valence-corrected chi connectivity index (χ4v) is 6.02. The van der Waals surface area contributed by atoms with Gasteiger partial charge in [-0.25, -0.2) is 8.42 Å². The van der Waals surface area contributed by atoms with E-state index in [0.29, 0.717) is 28.9 Å². The van der Waals surface area contributed by atoms with Crippen LogP contribution in [-0.4, -0.2) is 48.1 Å². The summed E-state index contributed by atoms with van der Waals surface area (Å²) in [5.74, 6) is -0.0882. The highest BCUT2D eigenvalue weighted by atomic mass is 32.2. The van der Waals surface area contributed by atoms with Gasteiger partial charge in [-0.1, -0.05) is 0 Å². The van der Waals surface area contributed by atoms with Crippen LogP contribution in [0.5, 0.6) is 0 Å². The van der Waals surface area contributed by atoms with Crippen LogP contribution in [0.25, 0.3) is 0 Å². The average Bonchev–Trinajstić information content (AvgIpc) is 2.89. The standard InChI is InChI=1S/C20H20N4O3S/c1-13-10-15(11-21)4-5-17(13)28(26,27)23-8-9-24-19(25)18-14(2)22-7-6-16(18)20(24,3)12-23/h4-7,10H,8-9,12H2,1-3H3. The van der Waals surface area contributed by atoms with E-state index in [0.717, 1.165) is 5.56 Å². The van der Waals surface area contributed by atoms with Gasteiger partial charge in [-0.15, -0.1) is 0 Å². The van der Waals surface area contributed by atoms with Crippen LogP contribution in [0.3, 0.4) is 0 Å². The number of nitriles is 1. The molecule has 2 aliphatic heterocycles. The highest BCUT2D eigenvalue weighted by Crippen LogP contribution is 2.43. The number of amides is 1. The molecule has 0 radical (unpaired) electrons. The van der Waals surface area contributed by atoms with Crippen LogP contribution in [0.4, 0.5) is 0 Å². The van der Waals surface area contributed by atoms with Gasteiger partial charge in [0.05, 0.1) is 33.3 Å².